The standard InChI is InChI=1S/C10H9Cl2NO3S/c11-6-1-2-8(7(12)3-6)17-5-9(14)13-4-10(15)16/h1-3H,4-5H2,(H,13,14)(H,15,16). The summed E-state index contributed by atoms with van der Waals surface area (Å²) in [6, 6.07) is 4.96. The summed E-state index contributed by atoms with van der Waals surface area (Å²) in [6.45, 7) is -0.381. The van der Waals surface area contributed by atoms with Gasteiger partial charge in [-0.1, -0.05) is 23.2 Å². The SMILES string of the molecule is O=C(O)CNC(=O)CSc1ccc(Cl)cc1Cl. The van der Waals surface area contributed by atoms with E-state index in [1.54, 1.807) is 18.2 Å². The minimum atomic E-state index is -1.08. The van der Waals surface area contributed by atoms with E-state index in [9.17, 15) is 9.59 Å². The average molecular weight is 294 g/mol. The van der Waals surface area contributed by atoms with Gasteiger partial charge in [0.2, 0.25) is 5.91 Å². The van der Waals surface area contributed by atoms with Crippen molar-refractivity contribution in [2.75, 3.05) is 12.3 Å². The number of aliphatic carboxylic acids is 1. The second-order valence-corrected chi connectivity index (χ2v) is 4.89. The van der Waals surface area contributed by atoms with Gasteiger partial charge in [-0.2, -0.15) is 0 Å². The number of carbonyl (C=O) groups excluding carboxylic acids is 1. The monoisotopic (exact) mass is 293 g/mol. The summed E-state index contributed by atoms with van der Waals surface area (Å²) < 4.78 is 0. The van der Waals surface area contributed by atoms with E-state index in [1.807, 2.05) is 0 Å². The molecule has 2 N–H and O–H groups in total. The molecule has 0 aromatic heterocycles. The zero-order valence-electron chi connectivity index (χ0n) is 8.57. The van der Waals surface area contributed by atoms with E-state index < -0.39 is 5.97 Å². The molecule has 0 atom stereocenters. The van der Waals surface area contributed by atoms with Crippen molar-refractivity contribution in [3.63, 3.8) is 0 Å². The van der Waals surface area contributed by atoms with Crippen molar-refractivity contribution in [1.82, 2.24) is 5.32 Å². The second-order valence-electron chi connectivity index (χ2n) is 3.03. The normalized spacial score (nSPS) is 10.0. The molecule has 0 saturated heterocycles. The Labute approximate surface area is 112 Å². The van der Waals surface area contributed by atoms with Crippen molar-refractivity contribution in [1.29, 1.82) is 0 Å². The summed E-state index contributed by atoms with van der Waals surface area (Å²) in [5, 5.41) is 11.6. The molecule has 0 bridgehead atoms. The molecule has 1 amide bonds. The van der Waals surface area contributed by atoms with Crippen LogP contribution in [-0.4, -0.2) is 29.3 Å². The summed E-state index contributed by atoms with van der Waals surface area (Å²) >= 11 is 12.9. The lowest BCUT2D eigenvalue weighted by Crippen LogP contribution is -2.30. The number of nitrogens with one attached hydrogen (secondary N) is 1. The summed E-state index contributed by atoms with van der Waals surface area (Å²) in [5.41, 5.74) is 0. The zero-order chi connectivity index (χ0) is 12.8. The molecule has 0 aliphatic heterocycles. The molecule has 0 saturated carbocycles. The van der Waals surface area contributed by atoms with E-state index in [2.05, 4.69) is 5.32 Å². The smallest absolute Gasteiger partial charge is 0.322 e. The van der Waals surface area contributed by atoms with E-state index in [0.717, 1.165) is 4.90 Å². The first-order valence-electron chi connectivity index (χ1n) is 4.55. The molecule has 1 aromatic rings. The van der Waals surface area contributed by atoms with Crippen LogP contribution in [0.15, 0.2) is 23.1 Å². The van der Waals surface area contributed by atoms with Gasteiger partial charge in [0.1, 0.15) is 6.54 Å². The molecule has 0 radical (unpaired) electrons. The maximum Gasteiger partial charge on any atom is 0.322 e. The van der Waals surface area contributed by atoms with Crippen LogP contribution in [0.1, 0.15) is 0 Å². The molecule has 1 aromatic carbocycles. The topological polar surface area (TPSA) is 66.4 Å². The van der Waals surface area contributed by atoms with Gasteiger partial charge in [0.15, 0.2) is 0 Å². The number of rotatable bonds is 5. The fourth-order valence-corrected chi connectivity index (χ4v) is 2.28. The zero-order valence-corrected chi connectivity index (χ0v) is 10.9. The highest BCUT2D eigenvalue weighted by atomic mass is 35.5. The van der Waals surface area contributed by atoms with Gasteiger partial charge in [-0.3, -0.25) is 9.59 Å². The first kappa shape index (κ1) is 14.2. The van der Waals surface area contributed by atoms with Gasteiger partial charge in [-0.15, -0.1) is 11.8 Å². The van der Waals surface area contributed by atoms with Gasteiger partial charge in [-0.05, 0) is 18.2 Å². The molecule has 0 aliphatic carbocycles. The highest BCUT2D eigenvalue weighted by Gasteiger charge is 2.07. The summed E-state index contributed by atoms with van der Waals surface area (Å²) in [6.07, 6.45) is 0. The number of carboxylic acids is 1. The number of hydrogen-bond acceptors (Lipinski definition) is 3. The minimum Gasteiger partial charge on any atom is -0.480 e. The minimum absolute atomic E-state index is 0.106. The van der Waals surface area contributed by atoms with Crippen LogP contribution >= 0.6 is 35.0 Å². The lowest BCUT2D eigenvalue weighted by Gasteiger charge is -2.04. The Bertz CT molecular complexity index is 440. The summed E-state index contributed by atoms with van der Waals surface area (Å²) in [7, 11) is 0. The van der Waals surface area contributed by atoms with Crippen LogP contribution in [0.3, 0.4) is 0 Å². The number of hydrogen-bond donors (Lipinski definition) is 2. The Balaban J connectivity index is 2.44. The van der Waals surface area contributed by atoms with Crippen molar-refractivity contribution >= 4 is 46.8 Å². The predicted molar refractivity (Wildman–Crippen MR) is 67.8 cm³/mol. The molecule has 92 valence electrons. The Morgan fingerprint density at radius 3 is 2.65 bits per heavy atom. The quantitative estimate of drug-likeness (QED) is 0.818. The molecule has 0 heterocycles. The predicted octanol–water partition coefficient (Wildman–Crippen LogP) is 2.29. The largest absolute Gasteiger partial charge is 0.480 e. The van der Waals surface area contributed by atoms with E-state index in [4.69, 9.17) is 28.3 Å². The lowest BCUT2D eigenvalue weighted by molar-refractivity contribution is -0.137. The number of thioether (sulfide) groups is 1. The van der Waals surface area contributed by atoms with Gasteiger partial charge in [-0.25, -0.2) is 0 Å². The fraction of sp³-hybridized carbons (Fsp3) is 0.200. The first-order valence-corrected chi connectivity index (χ1v) is 6.29. The van der Waals surface area contributed by atoms with Crippen LogP contribution < -0.4 is 5.32 Å². The lowest BCUT2D eigenvalue weighted by atomic mass is 10.4. The molecule has 0 fully saturated rings. The van der Waals surface area contributed by atoms with Crippen molar-refractivity contribution in [2.45, 2.75) is 4.90 Å². The van der Waals surface area contributed by atoms with Crippen LogP contribution in [0.2, 0.25) is 10.0 Å². The van der Waals surface area contributed by atoms with Crippen LogP contribution in [0, 0.1) is 0 Å². The molecule has 4 nitrogen and oxygen atoms in total. The number of carboxylic acid groups (broad SMARTS) is 1. The van der Waals surface area contributed by atoms with E-state index in [-0.39, 0.29) is 18.2 Å². The van der Waals surface area contributed by atoms with Crippen LogP contribution in [0.5, 0.6) is 0 Å². The van der Waals surface area contributed by atoms with Crippen molar-refractivity contribution in [3.8, 4) is 0 Å². The van der Waals surface area contributed by atoms with E-state index in [0.29, 0.717) is 10.0 Å². The van der Waals surface area contributed by atoms with E-state index >= 15 is 0 Å². The van der Waals surface area contributed by atoms with Gasteiger partial charge in [0, 0.05) is 9.92 Å². The Hall–Kier alpha value is -0.910. The molecule has 7 heteroatoms. The van der Waals surface area contributed by atoms with Gasteiger partial charge in [0.05, 0.1) is 10.8 Å². The molecule has 0 aliphatic rings. The Morgan fingerprint density at radius 2 is 2.06 bits per heavy atom. The second kappa shape index (κ2) is 6.74. The summed E-state index contributed by atoms with van der Waals surface area (Å²) in [5.74, 6) is -1.33. The van der Waals surface area contributed by atoms with Gasteiger partial charge >= 0.3 is 5.97 Å². The number of benzene rings is 1. The fourth-order valence-electron chi connectivity index (χ4n) is 0.961. The number of carbonyl (C=O) groups is 2. The number of halogens is 2. The van der Waals surface area contributed by atoms with Gasteiger partial charge < -0.3 is 10.4 Å². The third kappa shape index (κ3) is 5.30. The van der Waals surface area contributed by atoms with Gasteiger partial charge in [0.25, 0.3) is 0 Å². The maximum atomic E-state index is 11.2. The molecular formula is C10H9Cl2NO3S. The Kier molecular flexibility index (Phi) is 5.61. The molecule has 0 spiro atoms. The summed E-state index contributed by atoms with van der Waals surface area (Å²) in [4.78, 5) is 22.2. The third-order valence-corrected chi connectivity index (χ3v) is 3.42. The van der Waals surface area contributed by atoms with Crippen molar-refractivity contribution < 1.29 is 14.7 Å². The average Bonchev–Trinajstić information content (AvgIpc) is 2.25. The van der Waals surface area contributed by atoms with Crippen LogP contribution in [0.25, 0.3) is 0 Å². The highest BCUT2D eigenvalue weighted by Crippen LogP contribution is 2.29. The number of amides is 1. The molecular weight excluding hydrogens is 285 g/mol. The van der Waals surface area contributed by atoms with Crippen LogP contribution in [-0.2, 0) is 9.59 Å². The van der Waals surface area contributed by atoms with Crippen molar-refractivity contribution in [3.05, 3.63) is 28.2 Å². The first-order chi connectivity index (χ1) is 7.99. The molecule has 1 rings (SSSR count). The Morgan fingerprint density at radius 1 is 1.35 bits per heavy atom. The maximum absolute atomic E-state index is 11.2. The molecule has 0 unspecified atom stereocenters. The van der Waals surface area contributed by atoms with Crippen molar-refractivity contribution in [2.24, 2.45) is 0 Å². The van der Waals surface area contributed by atoms with E-state index in [1.165, 1.54) is 11.8 Å². The van der Waals surface area contributed by atoms with Crippen LogP contribution in [0.4, 0.5) is 0 Å². The highest BCUT2D eigenvalue weighted by molar-refractivity contribution is 8.00. The molecule has 17 heavy (non-hydrogen) atoms. The third-order valence-electron chi connectivity index (χ3n) is 1.69.